The Morgan fingerprint density at radius 3 is 2.73 bits per heavy atom. The predicted octanol–water partition coefficient (Wildman–Crippen LogP) is 2.87. The molecule has 1 aliphatic heterocycles. The van der Waals surface area contributed by atoms with E-state index in [9.17, 15) is 4.79 Å². The number of carbonyl (C=O) groups is 1. The van der Waals surface area contributed by atoms with Crippen molar-refractivity contribution in [2.75, 3.05) is 42.9 Å². The molecule has 0 radical (unpaired) electrons. The highest BCUT2D eigenvalue weighted by atomic mass is 35.5. The van der Waals surface area contributed by atoms with Crippen LogP contribution in [0.25, 0.3) is 6.08 Å². The van der Waals surface area contributed by atoms with Crippen molar-refractivity contribution in [3.05, 3.63) is 47.3 Å². The van der Waals surface area contributed by atoms with E-state index in [2.05, 4.69) is 27.1 Å². The summed E-state index contributed by atoms with van der Waals surface area (Å²) in [5.41, 5.74) is 2.63. The lowest BCUT2D eigenvalue weighted by Crippen LogP contribution is -2.46. The molecule has 1 aliphatic rings. The summed E-state index contributed by atoms with van der Waals surface area (Å²) < 4.78 is 1.70. The van der Waals surface area contributed by atoms with Gasteiger partial charge in [-0.25, -0.2) is 0 Å². The Morgan fingerprint density at radius 2 is 2.08 bits per heavy atom. The van der Waals surface area contributed by atoms with Gasteiger partial charge in [-0.05, 0) is 30.8 Å². The molecule has 0 spiro atoms. The highest BCUT2D eigenvalue weighted by Gasteiger charge is 2.19. The van der Waals surface area contributed by atoms with E-state index in [0.29, 0.717) is 5.02 Å². The van der Waals surface area contributed by atoms with Crippen LogP contribution in [0, 0.1) is 0 Å². The molecule has 1 aromatic carbocycles. The van der Waals surface area contributed by atoms with Crippen molar-refractivity contribution in [3.63, 3.8) is 0 Å². The van der Waals surface area contributed by atoms with Crippen LogP contribution in [0.2, 0.25) is 5.02 Å². The number of carbonyl (C=O) groups excluding carboxylic acids is 1. The largest absolute Gasteiger partial charge is 0.367 e. The van der Waals surface area contributed by atoms with Crippen molar-refractivity contribution in [1.82, 2.24) is 14.7 Å². The quantitative estimate of drug-likeness (QED) is 0.819. The maximum Gasteiger partial charge on any atom is 0.248 e. The Balaban J connectivity index is 1.71. The first-order valence-electron chi connectivity index (χ1n) is 8.79. The molecular weight excluding hydrogens is 350 g/mol. The lowest BCUT2D eigenvalue weighted by Gasteiger charge is -2.36. The number of amides is 1. The topological polar surface area (TPSA) is 53.4 Å². The molecule has 2 heterocycles. The van der Waals surface area contributed by atoms with E-state index in [1.54, 1.807) is 23.0 Å². The smallest absolute Gasteiger partial charge is 0.248 e. The Bertz CT molecular complexity index is 793. The summed E-state index contributed by atoms with van der Waals surface area (Å²) in [6.45, 7) is 7.16. The molecule has 7 heteroatoms. The van der Waals surface area contributed by atoms with E-state index in [1.807, 2.05) is 25.4 Å². The molecular formula is C19H24ClN5O. The number of hydrogen-bond donors (Lipinski definition) is 1. The molecule has 2 aromatic rings. The van der Waals surface area contributed by atoms with Crippen LogP contribution < -0.4 is 10.2 Å². The van der Waals surface area contributed by atoms with E-state index in [4.69, 9.17) is 11.6 Å². The van der Waals surface area contributed by atoms with Crippen LogP contribution in [-0.2, 0) is 11.8 Å². The number of aryl methyl sites for hydroxylation is 1. The van der Waals surface area contributed by atoms with E-state index in [0.717, 1.165) is 49.7 Å². The Kier molecular flexibility index (Phi) is 5.96. The third kappa shape index (κ3) is 4.65. The fourth-order valence-corrected chi connectivity index (χ4v) is 3.23. The zero-order valence-corrected chi connectivity index (χ0v) is 15.9. The predicted molar refractivity (Wildman–Crippen MR) is 107 cm³/mol. The van der Waals surface area contributed by atoms with Crippen molar-refractivity contribution in [2.45, 2.75) is 6.92 Å². The van der Waals surface area contributed by atoms with Gasteiger partial charge in [0, 0.05) is 56.1 Å². The second-order valence-corrected chi connectivity index (χ2v) is 6.79. The molecule has 138 valence electrons. The standard InChI is InChI=1S/C19H24ClN5O/c1-3-24-8-10-25(11-9-24)18-6-5-16(20)12-17(18)22-19(26)7-4-15-13-21-23(2)14-15/h4-7,12-14H,3,8-11H2,1-2H3,(H,22,26)/b7-4+. The molecule has 0 aliphatic carbocycles. The van der Waals surface area contributed by atoms with Crippen LogP contribution in [-0.4, -0.2) is 53.3 Å². The molecule has 6 nitrogen and oxygen atoms in total. The maximum absolute atomic E-state index is 12.3. The fraction of sp³-hybridized carbons (Fsp3) is 0.368. The molecule has 1 fully saturated rings. The van der Waals surface area contributed by atoms with Gasteiger partial charge in [-0.1, -0.05) is 18.5 Å². The number of aromatic nitrogens is 2. The number of benzene rings is 1. The summed E-state index contributed by atoms with van der Waals surface area (Å²) in [5, 5.41) is 7.65. The third-order valence-electron chi connectivity index (χ3n) is 4.53. The normalized spacial score (nSPS) is 15.6. The van der Waals surface area contributed by atoms with Gasteiger partial charge < -0.3 is 15.1 Å². The number of halogens is 1. The lowest BCUT2D eigenvalue weighted by molar-refractivity contribution is -0.111. The molecule has 1 aromatic heterocycles. The number of nitrogens with one attached hydrogen (secondary N) is 1. The molecule has 0 atom stereocenters. The zero-order valence-electron chi connectivity index (χ0n) is 15.2. The highest BCUT2D eigenvalue weighted by Crippen LogP contribution is 2.30. The van der Waals surface area contributed by atoms with Gasteiger partial charge in [0.1, 0.15) is 0 Å². The minimum Gasteiger partial charge on any atom is -0.367 e. The maximum atomic E-state index is 12.3. The number of likely N-dealkylation sites (N-methyl/N-ethyl adjacent to an activating group) is 1. The van der Waals surface area contributed by atoms with E-state index in [1.165, 1.54) is 6.08 Å². The summed E-state index contributed by atoms with van der Waals surface area (Å²) in [6, 6.07) is 5.65. The highest BCUT2D eigenvalue weighted by molar-refractivity contribution is 6.31. The Labute approximate surface area is 159 Å². The van der Waals surface area contributed by atoms with Gasteiger partial charge in [0.2, 0.25) is 5.91 Å². The summed E-state index contributed by atoms with van der Waals surface area (Å²) in [6.07, 6.45) is 6.81. The van der Waals surface area contributed by atoms with E-state index < -0.39 is 0 Å². The first-order valence-corrected chi connectivity index (χ1v) is 9.17. The van der Waals surface area contributed by atoms with Crippen LogP contribution in [0.1, 0.15) is 12.5 Å². The van der Waals surface area contributed by atoms with E-state index >= 15 is 0 Å². The van der Waals surface area contributed by atoms with Crippen LogP contribution in [0.3, 0.4) is 0 Å². The molecule has 1 amide bonds. The van der Waals surface area contributed by atoms with Crippen molar-refractivity contribution in [1.29, 1.82) is 0 Å². The van der Waals surface area contributed by atoms with Gasteiger partial charge in [0.15, 0.2) is 0 Å². The first-order chi connectivity index (χ1) is 12.5. The Hall–Kier alpha value is -2.31. The number of rotatable bonds is 5. The second kappa shape index (κ2) is 8.38. The molecule has 0 unspecified atom stereocenters. The molecule has 0 bridgehead atoms. The second-order valence-electron chi connectivity index (χ2n) is 6.35. The average Bonchev–Trinajstić information content (AvgIpc) is 3.06. The van der Waals surface area contributed by atoms with Crippen LogP contribution in [0.4, 0.5) is 11.4 Å². The van der Waals surface area contributed by atoms with Crippen LogP contribution in [0.15, 0.2) is 36.7 Å². The third-order valence-corrected chi connectivity index (χ3v) is 4.76. The minimum atomic E-state index is -0.190. The minimum absolute atomic E-state index is 0.190. The van der Waals surface area contributed by atoms with Gasteiger partial charge in [-0.3, -0.25) is 9.48 Å². The van der Waals surface area contributed by atoms with Crippen LogP contribution in [0.5, 0.6) is 0 Å². The van der Waals surface area contributed by atoms with Gasteiger partial charge in [-0.2, -0.15) is 5.10 Å². The molecule has 0 saturated carbocycles. The lowest BCUT2D eigenvalue weighted by atomic mass is 10.2. The molecule has 1 N–H and O–H groups in total. The van der Waals surface area contributed by atoms with E-state index in [-0.39, 0.29) is 5.91 Å². The van der Waals surface area contributed by atoms with Gasteiger partial charge in [0.25, 0.3) is 0 Å². The molecule has 1 saturated heterocycles. The number of piperazine rings is 1. The van der Waals surface area contributed by atoms with Gasteiger partial charge in [0.05, 0.1) is 17.6 Å². The Morgan fingerprint density at radius 1 is 1.31 bits per heavy atom. The number of anilines is 2. The zero-order chi connectivity index (χ0) is 18.5. The van der Waals surface area contributed by atoms with Crippen molar-refractivity contribution >= 4 is 35.0 Å². The summed E-state index contributed by atoms with van der Waals surface area (Å²) in [5.74, 6) is -0.190. The molecule has 26 heavy (non-hydrogen) atoms. The summed E-state index contributed by atoms with van der Waals surface area (Å²) >= 11 is 6.15. The first kappa shape index (κ1) is 18.5. The van der Waals surface area contributed by atoms with Gasteiger partial charge in [-0.15, -0.1) is 0 Å². The average molecular weight is 374 g/mol. The number of nitrogens with zero attached hydrogens (tertiary/aromatic N) is 4. The fourth-order valence-electron chi connectivity index (χ4n) is 3.06. The van der Waals surface area contributed by atoms with Crippen molar-refractivity contribution < 1.29 is 4.79 Å². The molecule has 3 rings (SSSR count). The van der Waals surface area contributed by atoms with Crippen molar-refractivity contribution in [2.24, 2.45) is 7.05 Å². The van der Waals surface area contributed by atoms with Crippen LogP contribution >= 0.6 is 11.6 Å². The number of hydrogen-bond acceptors (Lipinski definition) is 4. The monoisotopic (exact) mass is 373 g/mol. The summed E-state index contributed by atoms with van der Waals surface area (Å²) in [7, 11) is 1.84. The van der Waals surface area contributed by atoms with Crippen molar-refractivity contribution in [3.8, 4) is 0 Å². The SMILES string of the molecule is CCN1CCN(c2ccc(Cl)cc2NC(=O)/C=C/c2cnn(C)c2)CC1. The van der Waals surface area contributed by atoms with Gasteiger partial charge >= 0.3 is 0 Å². The summed E-state index contributed by atoms with van der Waals surface area (Å²) in [4.78, 5) is 17.1.